The Bertz CT molecular complexity index is 307. The van der Waals surface area contributed by atoms with Crippen LogP contribution in [0.25, 0.3) is 0 Å². The van der Waals surface area contributed by atoms with E-state index < -0.39 is 6.64 Å². The van der Waals surface area contributed by atoms with Gasteiger partial charge in [-0.05, 0) is 24.8 Å². The number of hydrogen-bond acceptors (Lipinski definition) is 4. The molecular weight excluding hydrogens is 207 g/mol. The van der Waals surface area contributed by atoms with E-state index in [0.717, 1.165) is 0 Å². The zero-order valence-corrected chi connectivity index (χ0v) is 8.92. The average Bonchev–Trinajstić information content (AvgIpc) is 2.04. The fourth-order valence-electron chi connectivity index (χ4n) is 0.738. The highest BCUT2D eigenvalue weighted by Crippen LogP contribution is 2.39. The van der Waals surface area contributed by atoms with Gasteiger partial charge in [-0.1, -0.05) is 6.07 Å². The Kier molecular flexibility index (Phi) is 3.81. The van der Waals surface area contributed by atoms with E-state index in [-0.39, 0.29) is 0 Å². The van der Waals surface area contributed by atoms with Crippen molar-refractivity contribution in [2.45, 2.75) is 6.92 Å². The van der Waals surface area contributed by atoms with Gasteiger partial charge in [-0.15, -0.1) is 0 Å². The lowest BCUT2D eigenvalue weighted by molar-refractivity contribution is 0.329. The Hall–Kier alpha value is -0.480. The van der Waals surface area contributed by atoms with Gasteiger partial charge in [-0.3, -0.25) is 0 Å². The average molecular weight is 218 g/mol. The van der Waals surface area contributed by atoms with Gasteiger partial charge in [0.05, 0.1) is 6.61 Å². The second-order valence-electron chi connectivity index (χ2n) is 2.22. The Labute approximate surface area is 82.3 Å². The van der Waals surface area contributed by atoms with E-state index in [0.29, 0.717) is 12.5 Å². The summed E-state index contributed by atoms with van der Waals surface area (Å²) in [7, 11) is 0. The maximum Gasteiger partial charge on any atom is 0.311 e. The van der Waals surface area contributed by atoms with Gasteiger partial charge in [0.25, 0.3) is 0 Å². The summed E-state index contributed by atoms with van der Waals surface area (Å²) in [5.41, 5.74) is 5.60. The molecular formula is C7H11N2O2PS. The molecule has 4 nitrogen and oxygen atoms in total. The number of hydrogen-bond donors (Lipinski definition) is 1. The zero-order valence-electron chi connectivity index (χ0n) is 7.21. The molecule has 0 aliphatic heterocycles. The van der Waals surface area contributed by atoms with Gasteiger partial charge in [0.2, 0.25) is 5.88 Å². The summed E-state index contributed by atoms with van der Waals surface area (Å²) in [6, 6.07) is 5.27. The predicted octanol–water partition coefficient (Wildman–Crippen LogP) is 1.68. The number of pyridine rings is 1. The lowest BCUT2D eigenvalue weighted by Crippen LogP contribution is -2.06. The zero-order chi connectivity index (χ0) is 9.73. The molecule has 1 aromatic heterocycles. The third kappa shape index (κ3) is 3.83. The van der Waals surface area contributed by atoms with Crippen molar-refractivity contribution >= 4 is 18.4 Å². The highest BCUT2D eigenvalue weighted by Gasteiger charge is 2.13. The molecule has 1 aromatic rings. The molecule has 0 aliphatic rings. The van der Waals surface area contributed by atoms with Crippen LogP contribution >= 0.6 is 6.64 Å². The van der Waals surface area contributed by atoms with Crippen LogP contribution in [-0.4, -0.2) is 11.6 Å². The first-order valence-corrected chi connectivity index (χ1v) is 6.48. The van der Waals surface area contributed by atoms with Gasteiger partial charge in [0.15, 0.2) is 0 Å². The summed E-state index contributed by atoms with van der Waals surface area (Å²) in [5.74, 6) is 0.404. The summed E-state index contributed by atoms with van der Waals surface area (Å²) in [4.78, 5) is 3.93. The van der Waals surface area contributed by atoms with Crippen molar-refractivity contribution in [1.82, 2.24) is 4.98 Å². The van der Waals surface area contributed by atoms with Crippen LogP contribution in [0.3, 0.4) is 0 Å². The lowest BCUT2D eigenvalue weighted by Gasteiger charge is -2.15. The molecule has 1 unspecified atom stereocenters. The smallest absolute Gasteiger partial charge is 0.311 e. The first-order chi connectivity index (χ1) is 6.14. The summed E-state index contributed by atoms with van der Waals surface area (Å²) in [6.45, 7) is -0.383. The van der Waals surface area contributed by atoms with Crippen molar-refractivity contribution in [1.29, 1.82) is 0 Å². The van der Waals surface area contributed by atoms with Gasteiger partial charge >= 0.3 is 6.64 Å². The molecule has 0 saturated carbocycles. The van der Waals surface area contributed by atoms with Crippen LogP contribution in [0.15, 0.2) is 24.4 Å². The van der Waals surface area contributed by atoms with Crippen molar-refractivity contribution in [3.63, 3.8) is 0 Å². The van der Waals surface area contributed by atoms with E-state index in [4.69, 9.17) is 26.4 Å². The Morgan fingerprint density at radius 3 is 2.92 bits per heavy atom. The maximum absolute atomic E-state index is 5.60. The van der Waals surface area contributed by atoms with Gasteiger partial charge in [0.1, 0.15) is 0 Å². The molecule has 0 saturated heterocycles. The number of rotatable bonds is 4. The van der Waals surface area contributed by atoms with Crippen LogP contribution in [0, 0.1) is 0 Å². The second kappa shape index (κ2) is 4.67. The SMILES string of the molecule is CCOP(N)(=S)Oc1ccccn1. The summed E-state index contributed by atoms with van der Waals surface area (Å²) in [6.07, 6.45) is 1.61. The Morgan fingerprint density at radius 1 is 1.62 bits per heavy atom. The van der Waals surface area contributed by atoms with Crippen LogP contribution in [0.5, 0.6) is 5.88 Å². The topological polar surface area (TPSA) is 57.4 Å². The van der Waals surface area contributed by atoms with E-state index in [9.17, 15) is 0 Å². The minimum absolute atomic E-state index is 0.404. The third-order valence-corrected chi connectivity index (χ3v) is 2.77. The molecule has 72 valence electrons. The highest BCUT2D eigenvalue weighted by atomic mass is 32.5. The molecule has 2 N–H and O–H groups in total. The standard InChI is InChI=1S/C7H11N2O2PS/c1-2-10-12(8,13)11-7-5-3-4-6-9-7/h3-6H,2H2,1H3,(H2,8,13). The monoisotopic (exact) mass is 218 g/mol. The fourth-order valence-corrected chi connectivity index (χ4v) is 2.06. The third-order valence-electron chi connectivity index (χ3n) is 1.17. The van der Waals surface area contributed by atoms with Crippen LogP contribution in [0.4, 0.5) is 0 Å². The summed E-state index contributed by atoms with van der Waals surface area (Å²) in [5, 5.41) is 0. The molecule has 6 heteroatoms. The molecule has 0 aromatic carbocycles. The van der Waals surface area contributed by atoms with Crippen LogP contribution < -0.4 is 10.0 Å². The first-order valence-electron chi connectivity index (χ1n) is 3.78. The van der Waals surface area contributed by atoms with Crippen molar-refractivity contribution in [3.05, 3.63) is 24.4 Å². The lowest BCUT2D eigenvalue weighted by atomic mass is 10.5. The fraction of sp³-hybridized carbons (Fsp3) is 0.286. The highest BCUT2D eigenvalue weighted by molar-refractivity contribution is 8.08. The molecule has 0 aliphatic carbocycles. The van der Waals surface area contributed by atoms with Gasteiger partial charge in [-0.25, -0.2) is 10.5 Å². The van der Waals surface area contributed by atoms with E-state index in [1.807, 2.05) is 6.92 Å². The Morgan fingerprint density at radius 2 is 2.38 bits per heavy atom. The van der Waals surface area contributed by atoms with E-state index in [1.165, 1.54) is 0 Å². The number of aromatic nitrogens is 1. The van der Waals surface area contributed by atoms with Crippen LogP contribution in [0.1, 0.15) is 6.92 Å². The van der Waals surface area contributed by atoms with E-state index in [1.54, 1.807) is 24.4 Å². The molecule has 0 spiro atoms. The molecule has 13 heavy (non-hydrogen) atoms. The molecule has 0 bridgehead atoms. The van der Waals surface area contributed by atoms with Crippen molar-refractivity contribution in [2.75, 3.05) is 6.61 Å². The summed E-state index contributed by atoms with van der Waals surface area (Å²) >= 11 is 4.93. The van der Waals surface area contributed by atoms with Crippen LogP contribution in [0.2, 0.25) is 0 Å². The summed E-state index contributed by atoms with van der Waals surface area (Å²) < 4.78 is 10.3. The van der Waals surface area contributed by atoms with Gasteiger partial charge in [0, 0.05) is 12.3 Å². The molecule has 1 atom stereocenters. The molecule has 1 rings (SSSR count). The molecule has 1 heterocycles. The maximum atomic E-state index is 5.60. The van der Waals surface area contributed by atoms with Gasteiger partial charge in [-0.2, -0.15) is 0 Å². The van der Waals surface area contributed by atoms with Gasteiger partial charge < -0.3 is 9.05 Å². The number of nitrogens with zero attached hydrogens (tertiary/aromatic N) is 1. The van der Waals surface area contributed by atoms with E-state index in [2.05, 4.69) is 4.98 Å². The minimum atomic E-state index is -2.64. The van der Waals surface area contributed by atoms with Crippen LogP contribution in [-0.2, 0) is 16.3 Å². The quantitative estimate of drug-likeness (QED) is 0.779. The van der Waals surface area contributed by atoms with Crippen molar-refractivity contribution in [3.8, 4) is 5.88 Å². The normalized spacial score (nSPS) is 14.9. The predicted molar refractivity (Wildman–Crippen MR) is 55.0 cm³/mol. The number of nitrogens with two attached hydrogens (primary N) is 1. The Balaban J connectivity index is 2.64. The molecule has 0 amide bonds. The largest absolute Gasteiger partial charge is 0.414 e. The second-order valence-corrected chi connectivity index (χ2v) is 5.26. The minimum Gasteiger partial charge on any atom is -0.414 e. The first kappa shape index (κ1) is 10.6. The van der Waals surface area contributed by atoms with Crippen molar-refractivity contribution < 1.29 is 9.05 Å². The van der Waals surface area contributed by atoms with Crippen molar-refractivity contribution in [2.24, 2.45) is 5.50 Å². The molecule has 0 fully saturated rings. The van der Waals surface area contributed by atoms with E-state index >= 15 is 0 Å². The molecule has 0 radical (unpaired) electrons.